The largest absolute Gasteiger partial charge is 0.393 e. The molecule has 2 aromatic rings. The third-order valence-corrected chi connectivity index (χ3v) is 4.62. The maximum atomic E-state index is 10.1. The summed E-state index contributed by atoms with van der Waals surface area (Å²) in [5.41, 5.74) is 4.04. The Bertz CT molecular complexity index is 557. The standard InChI is InChI=1S/C17H23NO/c1-2-12-7-5-8-15-14(11-18-17(12)15)10-13-6-3-4-9-16(13)19/h5,7-8,11,13,16,18-19H,2-4,6,9-10H2,1H3. The van der Waals surface area contributed by atoms with Gasteiger partial charge in [0, 0.05) is 17.1 Å². The quantitative estimate of drug-likeness (QED) is 0.861. The second-order valence-corrected chi connectivity index (χ2v) is 5.82. The van der Waals surface area contributed by atoms with Crippen LogP contribution in [0.2, 0.25) is 0 Å². The number of aromatic nitrogens is 1. The summed E-state index contributed by atoms with van der Waals surface area (Å²) in [5.74, 6) is 0.443. The maximum absolute atomic E-state index is 10.1. The van der Waals surface area contributed by atoms with Crippen molar-refractivity contribution in [1.82, 2.24) is 4.98 Å². The molecule has 19 heavy (non-hydrogen) atoms. The summed E-state index contributed by atoms with van der Waals surface area (Å²) in [6, 6.07) is 6.55. The van der Waals surface area contributed by atoms with E-state index in [1.54, 1.807) is 0 Å². The molecule has 2 nitrogen and oxygen atoms in total. The number of benzene rings is 1. The number of aliphatic hydroxyl groups is 1. The molecule has 0 aliphatic heterocycles. The second-order valence-electron chi connectivity index (χ2n) is 5.82. The van der Waals surface area contributed by atoms with Crippen molar-refractivity contribution in [2.45, 2.75) is 51.6 Å². The number of rotatable bonds is 3. The molecule has 1 heterocycles. The average molecular weight is 257 g/mol. The first-order chi connectivity index (χ1) is 9.29. The molecule has 2 N–H and O–H groups in total. The van der Waals surface area contributed by atoms with Crippen molar-refractivity contribution in [2.24, 2.45) is 5.92 Å². The lowest BCUT2D eigenvalue weighted by molar-refractivity contribution is 0.0702. The number of hydrogen-bond donors (Lipinski definition) is 2. The normalized spacial score (nSPS) is 23.9. The van der Waals surface area contributed by atoms with Crippen LogP contribution in [0.1, 0.15) is 43.7 Å². The van der Waals surface area contributed by atoms with Crippen LogP contribution in [-0.2, 0) is 12.8 Å². The highest BCUT2D eigenvalue weighted by Gasteiger charge is 2.24. The van der Waals surface area contributed by atoms with E-state index in [4.69, 9.17) is 0 Å². The Morgan fingerprint density at radius 2 is 2.05 bits per heavy atom. The molecule has 2 heteroatoms. The smallest absolute Gasteiger partial charge is 0.0571 e. The van der Waals surface area contributed by atoms with Gasteiger partial charge in [-0.25, -0.2) is 0 Å². The molecular formula is C17H23NO. The van der Waals surface area contributed by atoms with Gasteiger partial charge < -0.3 is 10.1 Å². The van der Waals surface area contributed by atoms with E-state index in [0.29, 0.717) is 5.92 Å². The van der Waals surface area contributed by atoms with Crippen LogP contribution in [0.25, 0.3) is 10.9 Å². The van der Waals surface area contributed by atoms with E-state index >= 15 is 0 Å². The molecule has 0 amide bonds. The third kappa shape index (κ3) is 2.42. The Hall–Kier alpha value is -1.28. The fourth-order valence-corrected chi connectivity index (χ4v) is 3.45. The lowest BCUT2D eigenvalue weighted by Gasteiger charge is -2.27. The van der Waals surface area contributed by atoms with Gasteiger partial charge >= 0.3 is 0 Å². The lowest BCUT2D eigenvalue weighted by Crippen LogP contribution is -2.26. The number of aryl methyl sites for hydroxylation is 1. The van der Waals surface area contributed by atoms with Gasteiger partial charge in [0.15, 0.2) is 0 Å². The van der Waals surface area contributed by atoms with E-state index in [9.17, 15) is 5.11 Å². The Morgan fingerprint density at radius 3 is 2.84 bits per heavy atom. The van der Waals surface area contributed by atoms with E-state index in [1.807, 2.05) is 0 Å². The van der Waals surface area contributed by atoms with Gasteiger partial charge in [0.2, 0.25) is 0 Å². The predicted molar refractivity (Wildman–Crippen MR) is 79.3 cm³/mol. The van der Waals surface area contributed by atoms with E-state index in [0.717, 1.165) is 19.3 Å². The van der Waals surface area contributed by atoms with Crippen LogP contribution in [0.4, 0.5) is 0 Å². The van der Waals surface area contributed by atoms with Gasteiger partial charge in [-0.2, -0.15) is 0 Å². The summed E-state index contributed by atoms with van der Waals surface area (Å²) in [6.07, 6.45) is 8.71. The minimum atomic E-state index is -0.104. The topological polar surface area (TPSA) is 36.0 Å². The van der Waals surface area contributed by atoms with Gasteiger partial charge in [-0.05, 0) is 42.7 Å². The van der Waals surface area contributed by atoms with Crippen molar-refractivity contribution in [1.29, 1.82) is 0 Å². The van der Waals surface area contributed by atoms with Crippen molar-refractivity contribution in [3.63, 3.8) is 0 Å². The molecule has 0 radical (unpaired) electrons. The fraction of sp³-hybridized carbons (Fsp3) is 0.529. The van der Waals surface area contributed by atoms with Gasteiger partial charge in [-0.15, -0.1) is 0 Å². The van der Waals surface area contributed by atoms with E-state index in [1.165, 1.54) is 41.3 Å². The first-order valence-electron chi connectivity index (χ1n) is 7.55. The third-order valence-electron chi connectivity index (χ3n) is 4.62. The monoisotopic (exact) mass is 257 g/mol. The predicted octanol–water partition coefficient (Wildman–Crippen LogP) is 3.82. The molecule has 1 aliphatic carbocycles. The van der Waals surface area contributed by atoms with Crippen molar-refractivity contribution in [3.8, 4) is 0 Å². The molecular weight excluding hydrogens is 234 g/mol. The molecule has 0 spiro atoms. The minimum Gasteiger partial charge on any atom is -0.393 e. The average Bonchev–Trinajstić information content (AvgIpc) is 2.84. The minimum absolute atomic E-state index is 0.104. The Morgan fingerprint density at radius 1 is 1.21 bits per heavy atom. The Labute approximate surface area is 114 Å². The molecule has 0 bridgehead atoms. The summed E-state index contributed by atoms with van der Waals surface area (Å²) in [5, 5.41) is 11.5. The molecule has 2 atom stereocenters. The number of para-hydroxylation sites is 1. The fourth-order valence-electron chi connectivity index (χ4n) is 3.45. The zero-order valence-corrected chi connectivity index (χ0v) is 11.7. The van der Waals surface area contributed by atoms with Crippen molar-refractivity contribution in [2.75, 3.05) is 0 Å². The molecule has 2 unspecified atom stereocenters. The van der Waals surface area contributed by atoms with Crippen LogP contribution in [0.5, 0.6) is 0 Å². The van der Waals surface area contributed by atoms with E-state index in [2.05, 4.69) is 36.3 Å². The second kappa shape index (κ2) is 5.38. The summed E-state index contributed by atoms with van der Waals surface area (Å²) in [6.45, 7) is 2.19. The van der Waals surface area contributed by atoms with Gasteiger partial charge in [-0.1, -0.05) is 38.0 Å². The number of nitrogens with one attached hydrogen (secondary N) is 1. The molecule has 3 rings (SSSR count). The highest BCUT2D eigenvalue weighted by atomic mass is 16.3. The molecule has 1 saturated carbocycles. The van der Waals surface area contributed by atoms with Crippen molar-refractivity contribution < 1.29 is 5.11 Å². The van der Waals surface area contributed by atoms with E-state index in [-0.39, 0.29) is 6.10 Å². The molecule has 1 fully saturated rings. The molecule has 1 aromatic carbocycles. The summed E-state index contributed by atoms with van der Waals surface area (Å²) in [4.78, 5) is 3.43. The van der Waals surface area contributed by atoms with Gasteiger partial charge in [0.25, 0.3) is 0 Å². The number of H-pyrrole nitrogens is 1. The zero-order valence-electron chi connectivity index (χ0n) is 11.7. The molecule has 0 saturated heterocycles. The summed E-state index contributed by atoms with van der Waals surface area (Å²) < 4.78 is 0. The highest BCUT2D eigenvalue weighted by molar-refractivity contribution is 5.86. The number of hydrogen-bond acceptors (Lipinski definition) is 1. The van der Waals surface area contributed by atoms with Crippen LogP contribution in [0.3, 0.4) is 0 Å². The Kier molecular flexibility index (Phi) is 3.61. The lowest BCUT2D eigenvalue weighted by atomic mass is 9.82. The highest BCUT2D eigenvalue weighted by Crippen LogP contribution is 2.30. The molecule has 102 valence electrons. The van der Waals surface area contributed by atoms with Crippen molar-refractivity contribution >= 4 is 10.9 Å². The first kappa shape index (κ1) is 12.7. The number of aromatic amines is 1. The molecule has 1 aromatic heterocycles. The summed E-state index contributed by atoms with van der Waals surface area (Å²) >= 11 is 0. The van der Waals surface area contributed by atoms with Gasteiger partial charge in [-0.3, -0.25) is 0 Å². The van der Waals surface area contributed by atoms with E-state index < -0.39 is 0 Å². The van der Waals surface area contributed by atoms with Crippen LogP contribution in [0.15, 0.2) is 24.4 Å². The van der Waals surface area contributed by atoms with Crippen LogP contribution in [0, 0.1) is 5.92 Å². The summed E-state index contributed by atoms with van der Waals surface area (Å²) in [7, 11) is 0. The number of aliphatic hydroxyl groups excluding tert-OH is 1. The van der Waals surface area contributed by atoms with Crippen LogP contribution >= 0.6 is 0 Å². The maximum Gasteiger partial charge on any atom is 0.0571 e. The zero-order chi connectivity index (χ0) is 13.2. The van der Waals surface area contributed by atoms with Crippen LogP contribution < -0.4 is 0 Å². The Balaban J connectivity index is 1.89. The van der Waals surface area contributed by atoms with Crippen molar-refractivity contribution in [3.05, 3.63) is 35.5 Å². The first-order valence-corrected chi connectivity index (χ1v) is 7.55. The number of fused-ring (bicyclic) bond motifs is 1. The van der Waals surface area contributed by atoms with Crippen LogP contribution in [-0.4, -0.2) is 16.2 Å². The van der Waals surface area contributed by atoms with Gasteiger partial charge in [0.05, 0.1) is 6.10 Å². The molecule has 1 aliphatic rings. The SMILES string of the molecule is CCc1cccc2c(CC3CCCCC3O)c[nH]c12. The van der Waals surface area contributed by atoms with Gasteiger partial charge in [0.1, 0.15) is 0 Å².